The molecule has 5 heterocycles. The molecule has 9 rings (SSSR count). The van der Waals surface area contributed by atoms with Crippen LogP contribution < -0.4 is 14.7 Å². The van der Waals surface area contributed by atoms with Crippen molar-refractivity contribution in [2.45, 2.75) is 51.5 Å². The van der Waals surface area contributed by atoms with Crippen molar-refractivity contribution in [2.75, 3.05) is 14.7 Å². The van der Waals surface area contributed by atoms with E-state index >= 15 is 0 Å². The number of hydrogen-bond donors (Lipinski definition) is 0. The Bertz CT molecular complexity index is 1950. The average Bonchev–Trinajstić information content (AvgIpc) is 3.72. The van der Waals surface area contributed by atoms with Crippen LogP contribution in [0.3, 0.4) is 0 Å². The third-order valence-electron chi connectivity index (χ3n) is 10.2. The van der Waals surface area contributed by atoms with Crippen molar-refractivity contribution >= 4 is 28.7 Å². The van der Waals surface area contributed by atoms with Crippen LogP contribution in [0.15, 0.2) is 116 Å². The lowest BCUT2D eigenvalue weighted by Gasteiger charge is -2.44. The number of para-hydroxylation sites is 2. The van der Waals surface area contributed by atoms with Crippen molar-refractivity contribution in [1.29, 1.82) is 0 Å². The highest BCUT2D eigenvalue weighted by Crippen LogP contribution is 2.64. The second kappa shape index (κ2) is 8.96. The summed E-state index contributed by atoms with van der Waals surface area (Å²) in [7, 11) is 0. The molecule has 216 valence electrons. The zero-order chi connectivity index (χ0) is 29.7. The molecule has 44 heavy (non-hydrogen) atoms. The molecule has 0 bridgehead atoms. The van der Waals surface area contributed by atoms with E-state index in [2.05, 4.69) is 151 Å². The van der Waals surface area contributed by atoms with Gasteiger partial charge in [-0.3, -0.25) is 0 Å². The lowest BCUT2D eigenvalue weighted by molar-refractivity contribution is 0.143. The Morgan fingerprint density at radius 1 is 0.682 bits per heavy atom. The predicted octanol–water partition coefficient (Wildman–Crippen LogP) is 8.34. The van der Waals surface area contributed by atoms with Crippen LogP contribution in [0.5, 0.6) is 0 Å². The Labute approximate surface area is 258 Å². The van der Waals surface area contributed by atoms with Gasteiger partial charge in [0.15, 0.2) is 11.6 Å². The summed E-state index contributed by atoms with van der Waals surface area (Å²) < 4.78 is 0. The predicted molar refractivity (Wildman–Crippen MR) is 176 cm³/mol. The van der Waals surface area contributed by atoms with Crippen LogP contribution >= 0.6 is 0 Å². The molecule has 6 heteroatoms. The number of benzene rings is 4. The van der Waals surface area contributed by atoms with Crippen molar-refractivity contribution in [3.05, 3.63) is 149 Å². The molecule has 0 amide bonds. The molecule has 0 fully saturated rings. The van der Waals surface area contributed by atoms with Gasteiger partial charge < -0.3 is 19.6 Å². The zero-order valence-electron chi connectivity index (χ0n) is 25.4. The van der Waals surface area contributed by atoms with Crippen LogP contribution in [0.25, 0.3) is 0 Å². The number of fused-ring (bicyclic) bond motifs is 8. The molecule has 3 unspecified atom stereocenters. The van der Waals surface area contributed by atoms with E-state index in [9.17, 15) is 0 Å². The fraction of sp³-hybridized carbons (Fsp3) is 0.211. The molecule has 0 saturated carbocycles. The summed E-state index contributed by atoms with van der Waals surface area (Å²) >= 11 is 0. The van der Waals surface area contributed by atoms with E-state index in [1.165, 1.54) is 44.8 Å². The molecule has 0 aliphatic carbocycles. The van der Waals surface area contributed by atoms with E-state index < -0.39 is 0 Å². The third kappa shape index (κ3) is 3.15. The summed E-state index contributed by atoms with van der Waals surface area (Å²) in [5.41, 5.74) is 11.2. The molecular formula is C38H34N6. The fourth-order valence-electron chi connectivity index (χ4n) is 8.69. The molecule has 0 N–H and O–H groups in total. The first-order valence-corrected chi connectivity index (χ1v) is 15.5. The summed E-state index contributed by atoms with van der Waals surface area (Å²) in [6.45, 7) is 9.06. The Morgan fingerprint density at radius 2 is 1.32 bits per heavy atom. The largest absolute Gasteiger partial charge is 0.342 e. The minimum absolute atomic E-state index is 0.0297. The normalized spacial score (nSPS) is 24.0. The first-order valence-electron chi connectivity index (χ1n) is 15.5. The molecule has 0 radical (unpaired) electrons. The topological polar surface area (TPSA) is 38.7 Å². The van der Waals surface area contributed by atoms with Crippen LogP contribution in [0.2, 0.25) is 0 Å². The summed E-state index contributed by atoms with van der Waals surface area (Å²) in [5, 5.41) is 0. The van der Waals surface area contributed by atoms with E-state index in [0.717, 1.165) is 17.3 Å². The lowest BCUT2D eigenvalue weighted by Crippen LogP contribution is -2.48. The van der Waals surface area contributed by atoms with Gasteiger partial charge in [0.1, 0.15) is 11.8 Å². The summed E-state index contributed by atoms with van der Waals surface area (Å²) in [5.74, 6) is 1.92. The smallest absolute Gasteiger partial charge is 0.178 e. The molecule has 5 aromatic rings. The minimum Gasteiger partial charge on any atom is -0.342 e. The molecule has 4 aromatic carbocycles. The van der Waals surface area contributed by atoms with Gasteiger partial charge in [-0.1, -0.05) is 78.4 Å². The summed E-state index contributed by atoms with van der Waals surface area (Å²) in [6.07, 6.45) is 8.23. The van der Waals surface area contributed by atoms with Crippen LogP contribution in [0.4, 0.5) is 28.7 Å². The monoisotopic (exact) mass is 574 g/mol. The van der Waals surface area contributed by atoms with Gasteiger partial charge in [-0.2, -0.15) is 0 Å². The van der Waals surface area contributed by atoms with Crippen molar-refractivity contribution in [3.63, 3.8) is 0 Å². The number of aryl methyl sites for hydroxylation is 3. The molecule has 1 aromatic heterocycles. The minimum atomic E-state index is -0.381. The van der Waals surface area contributed by atoms with Crippen molar-refractivity contribution in [3.8, 4) is 0 Å². The Kier molecular flexibility index (Phi) is 5.17. The van der Waals surface area contributed by atoms with Gasteiger partial charge in [-0.25, -0.2) is 9.97 Å². The van der Waals surface area contributed by atoms with Gasteiger partial charge in [0, 0.05) is 47.4 Å². The molecule has 4 aliphatic heterocycles. The molecule has 4 atom stereocenters. The maximum atomic E-state index is 4.93. The first kappa shape index (κ1) is 25.4. The number of nitrogens with zero attached hydrogens (tertiary/aromatic N) is 6. The maximum absolute atomic E-state index is 4.93. The van der Waals surface area contributed by atoms with E-state index in [-0.39, 0.29) is 23.8 Å². The van der Waals surface area contributed by atoms with Crippen LogP contribution in [-0.2, 0) is 5.66 Å². The Hall–Kier alpha value is -5.10. The molecular weight excluding hydrogens is 540 g/mol. The van der Waals surface area contributed by atoms with Crippen molar-refractivity contribution in [1.82, 2.24) is 14.9 Å². The molecule has 4 aliphatic rings. The highest BCUT2D eigenvalue weighted by atomic mass is 15.5. The van der Waals surface area contributed by atoms with E-state index in [0.29, 0.717) is 0 Å². The van der Waals surface area contributed by atoms with Gasteiger partial charge in [0.2, 0.25) is 0 Å². The number of rotatable bonds is 3. The third-order valence-corrected chi connectivity index (χ3v) is 10.2. The van der Waals surface area contributed by atoms with Crippen molar-refractivity contribution < 1.29 is 0 Å². The highest BCUT2D eigenvalue weighted by Gasteiger charge is 2.60. The van der Waals surface area contributed by atoms with Crippen LogP contribution in [0.1, 0.15) is 52.3 Å². The fourth-order valence-corrected chi connectivity index (χ4v) is 8.69. The summed E-state index contributed by atoms with van der Waals surface area (Å²) in [4.78, 5) is 19.8. The van der Waals surface area contributed by atoms with E-state index in [1.807, 2.05) is 12.4 Å². The van der Waals surface area contributed by atoms with Gasteiger partial charge in [0.05, 0.1) is 12.0 Å². The maximum Gasteiger partial charge on any atom is 0.178 e. The number of anilines is 5. The second-order valence-electron chi connectivity index (χ2n) is 12.7. The van der Waals surface area contributed by atoms with E-state index in [1.54, 1.807) is 0 Å². The zero-order valence-corrected chi connectivity index (χ0v) is 25.4. The van der Waals surface area contributed by atoms with Gasteiger partial charge in [-0.05, 0) is 68.1 Å². The Balaban J connectivity index is 1.26. The first-order chi connectivity index (χ1) is 21.5. The quantitative estimate of drug-likeness (QED) is 0.216. The lowest BCUT2D eigenvalue weighted by atomic mass is 9.85. The van der Waals surface area contributed by atoms with Crippen molar-refractivity contribution in [2.24, 2.45) is 0 Å². The highest BCUT2D eigenvalue weighted by molar-refractivity contribution is 5.88. The van der Waals surface area contributed by atoms with Gasteiger partial charge >= 0.3 is 0 Å². The number of aromatic nitrogens is 2. The standard InChI is InChI=1S/C38H34N6/c1-24-22-25(2)33(26(3)23-24)41-20-21-42-34(28-14-8-10-16-30(28)38(41,42)4)32-29-15-9-11-17-31(29)44-36-35(39-18-19-40-36)43(37(32)44)27-12-6-5-7-13-27/h5-23,32,34,37H,1-4H3/t32-,34?,37?,38?/m1/s1. The SMILES string of the molecule is Cc1cc(C)c(N2C=CN3C([C@H]4c5ccccc5N5c6nccnc6N(c6ccccc6)C45)c4ccccc4C23C)c(C)c1. The summed E-state index contributed by atoms with van der Waals surface area (Å²) in [6, 6.07) is 33.4. The van der Waals surface area contributed by atoms with Gasteiger partial charge in [0.25, 0.3) is 0 Å². The average molecular weight is 575 g/mol. The van der Waals surface area contributed by atoms with Gasteiger partial charge in [-0.15, -0.1) is 0 Å². The van der Waals surface area contributed by atoms with E-state index in [4.69, 9.17) is 9.97 Å². The Morgan fingerprint density at radius 3 is 2.07 bits per heavy atom. The molecule has 0 spiro atoms. The molecule has 6 nitrogen and oxygen atoms in total. The number of hydrogen-bond acceptors (Lipinski definition) is 6. The van der Waals surface area contributed by atoms with Crippen LogP contribution in [0, 0.1) is 20.8 Å². The second-order valence-corrected chi connectivity index (χ2v) is 12.7. The molecule has 0 saturated heterocycles. The van der Waals surface area contributed by atoms with Crippen LogP contribution in [-0.4, -0.2) is 21.0 Å².